The number of fused-ring (bicyclic) bond motifs is 1. The Bertz CT molecular complexity index is 568. The van der Waals surface area contributed by atoms with Gasteiger partial charge in [-0.25, -0.2) is 4.98 Å². The SMILES string of the molecule is CC(C)C1COC(c2nc3ccccc3n2C)CN1. The molecule has 0 radical (unpaired) electrons. The Morgan fingerprint density at radius 1 is 1.37 bits per heavy atom. The van der Waals surface area contributed by atoms with Crippen LogP contribution in [0.2, 0.25) is 0 Å². The number of imidazole rings is 1. The van der Waals surface area contributed by atoms with Crippen LogP contribution in [-0.2, 0) is 11.8 Å². The number of aromatic nitrogens is 2. The van der Waals surface area contributed by atoms with Gasteiger partial charge in [-0.15, -0.1) is 0 Å². The Balaban J connectivity index is 1.84. The highest BCUT2D eigenvalue weighted by Gasteiger charge is 2.27. The number of morpholine rings is 1. The van der Waals surface area contributed by atoms with E-state index in [-0.39, 0.29) is 6.10 Å². The van der Waals surface area contributed by atoms with Gasteiger partial charge in [0, 0.05) is 19.6 Å². The van der Waals surface area contributed by atoms with E-state index >= 15 is 0 Å². The molecule has 19 heavy (non-hydrogen) atoms. The maximum Gasteiger partial charge on any atom is 0.140 e. The Kier molecular flexibility index (Phi) is 3.29. The van der Waals surface area contributed by atoms with Crippen LogP contribution in [0.4, 0.5) is 0 Å². The molecule has 1 fully saturated rings. The lowest BCUT2D eigenvalue weighted by Crippen LogP contribution is -2.46. The highest BCUT2D eigenvalue weighted by atomic mass is 16.5. The van der Waals surface area contributed by atoms with E-state index < -0.39 is 0 Å². The molecule has 1 aliphatic heterocycles. The summed E-state index contributed by atoms with van der Waals surface area (Å²) >= 11 is 0. The van der Waals surface area contributed by atoms with Crippen molar-refractivity contribution >= 4 is 11.0 Å². The van der Waals surface area contributed by atoms with Crippen LogP contribution in [0.5, 0.6) is 0 Å². The number of hydrogen-bond donors (Lipinski definition) is 1. The van der Waals surface area contributed by atoms with E-state index in [1.807, 2.05) is 18.2 Å². The van der Waals surface area contributed by atoms with Gasteiger partial charge in [-0.1, -0.05) is 26.0 Å². The molecule has 4 nitrogen and oxygen atoms in total. The fraction of sp³-hybridized carbons (Fsp3) is 0.533. The van der Waals surface area contributed by atoms with Gasteiger partial charge in [-0.3, -0.25) is 0 Å². The summed E-state index contributed by atoms with van der Waals surface area (Å²) in [5, 5.41) is 3.56. The molecule has 0 spiro atoms. The standard InChI is InChI=1S/C15H21N3O/c1-10(2)12-9-19-14(8-16-12)15-17-11-6-4-5-7-13(11)18(15)3/h4-7,10,12,14,16H,8-9H2,1-3H3. The molecule has 1 N–H and O–H groups in total. The predicted octanol–water partition coefficient (Wildman–Crippen LogP) is 2.26. The quantitative estimate of drug-likeness (QED) is 0.899. The van der Waals surface area contributed by atoms with Crippen LogP contribution in [0.25, 0.3) is 11.0 Å². The van der Waals surface area contributed by atoms with Crippen molar-refractivity contribution in [1.29, 1.82) is 0 Å². The van der Waals surface area contributed by atoms with Crippen molar-refractivity contribution in [3.05, 3.63) is 30.1 Å². The van der Waals surface area contributed by atoms with E-state index in [4.69, 9.17) is 9.72 Å². The Morgan fingerprint density at radius 3 is 2.79 bits per heavy atom. The van der Waals surface area contributed by atoms with Crippen LogP contribution >= 0.6 is 0 Å². The maximum absolute atomic E-state index is 6.00. The minimum Gasteiger partial charge on any atom is -0.367 e. The van der Waals surface area contributed by atoms with Crippen LogP contribution in [0.15, 0.2) is 24.3 Å². The Morgan fingerprint density at radius 2 is 2.16 bits per heavy atom. The van der Waals surface area contributed by atoms with E-state index in [2.05, 4.69) is 36.8 Å². The summed E-state index contributed by atoms with van der Waals surface area (Å²) in [6, 6.07) is 8.66. The zero-order valence-corrected chi connectivity index (χ0v) is 11.8. The van der Waals surface area contributed by atoms with Gasteiger partial charge in [0.1, 0.15) is 11.9 Å². The molecule has 1 aliphatic rings. The first-order chi connectivity index (χ1) is 9.16. The van der Waals surface area contributed by atoms with Gasteiger partial charge < -0.3 is 14.6 Å². The van der Waals surface area contributed by atoms with E-state index in [1.165, 1.54) is 0 Å². The van der Waals surface area contributed by atoms with Crippen molar-refractivity contribution in [2.24, 2.45) is 13.0 Å². The number of rotatable bonds is 2. The molecule has 0 amide bonds. The summed E-state index contributed by atoms with van der Waals surface area (Å²) in [6.45, 7) is 6.03. The van der Waals surface area contributed by atoms with Crippen LogP contribution in [0.1, 0.15) is 25.8 Å². The summed E-state index contributed by atoms with van der Waals surface area (Å²) in [4.78, 5) is 4.70. The minimum absolute atomic E-state index is 0.0485. The molecule has 2 atom stereocenters. The van der Waals surface area contributed by atoms with Gasteiger partial charge in [-0.05, 0) is 18.1 Å². The van der Waals surface area contributed by atoms with E-state index in [0.717, 1.165) is 30.0 Å². The first-order valence-electron chi connectivity index (χ1n) is 6.93. The minimum atomic E-state index is 0.0485. The molecule has 4 heteroatoms. The first-order valence-corrected chi connectivity index (χ1v) is 6.93. The van der Waals surface area contributed by atoms with Gasteiger partial charge in [0.15, 0.2) is 0 Å². The maximum atomic E-state index is 6.00. The summed E-state index contributed by atoms with van der Waals surface area (Å²) < 4.78 is 8.14. The summed E-state index contributed by atoms with van der Waals surface area (Å²) in [5.41, 5.74) is 2.20. The number of nitrogens with one attached hydrogen (secondary N) is 1. The lowest BCUT2D eigenvalue weighted by molar-refractivity contribution is -0.0128. The molecular formula is C15H21N3O. The lowest BCUT2D eigenvalue weighted by Gasteiger charge is -2.32. The van der Waals surface area contributed by atoms with Gasteiger partial charge in [0.25, 0.3) is 0 Å². The fourth-order valence-corrected chi connectivity index (χ4v) is 2.64. The smallest absolute Gasteiger partial charge is 0.140 e. The molecule has 1 aromatic carbocycles. The average Bonchev–Trinajstić information content (AvgIpc) is 2.77. The van der Waals surface area contributed by atoms with Crippen LogP contribution in [0, 0.1) is 5.92 Å². The van der Waals surface area contributed by atoms with E-state index in [9.17, 15) is 0 Å². The zero-order valence-electron chi connectivity index (χ0n) is 11.8. The fourth-order valence-electron chi connectivity index (χ4n) is 2.64. The number of para-hydroxylation sites is 2. The van der Waals surface area contributed by atoms with Crippen LogP contribution < -0.4 is 5.32 Å². The molecule has 2 unspecified atom stereocenters. The number of benzene rings is 1. The Hall–Kier alpha value is -1.39. The van der Waals surface area contributed by atoms with Crippen molar-refractivity contribution in [2.75, 3.05) is 13.2 Å². The molecule has 1 aromatic heterocycles. The first kappa shape index (κ1) is 12.6. The average molecular weight is 259 g/mol. The second kappa shape index (κ2) is 4.94. The lowest BCUT2D eigenvalue weighted by atomic mass is 10.0. The Labute approximate surface area is 113 Å². The van der Waals surface area contributed by atoms with E-state index in [0.29, 0.717) is 12.0 Å². The summed E-state index contributed by atoms with van der Waals surface area (Å²) in [6.07, 6.45) is 0.0485. The van der Waals surface area contributed by atoms with Gasteiger partial charge in [-0.2, -0.15) is 0 Å². The molecule has 2 aromatic rings. The molecule has 0 bridgehead atoms. The second-order valence-electron chi connectivity index (χ2n) is 5.60. The molecule has 0 saturated carbocycles. The normalized spacial score (nSPS) is 24.2. The van der Waals surface area contributed by atoms with Gasteiger partial charge in [0.2, 0.25) is 0 Å². The highest BCUT2D eigenvalue weighted by molar-refractivity contribution is 5.75. The highest BCUT2D eigenvalue weighted by Crippen LogP contribution is 2.24. The molecule has 1 saturated heterocycles. The van der Waals surface area contributed by atoms with Crippen molar-refractivity contribution in [3.8, 4) is 0 Å². The van der Waals surface area contributed by atoms with Crippen molar-refractivity contribution in [3.63, 3.8) is 0 Å². The van der Waals surface area contributed by atoms with E-state index in [1.54, 1.807) is 0 Å². The van der Waals surface area contributed by atoms with Crippen LogP contribution in [-0.4, -0.2) is 28.7 Å². The number of ether oxygens (including phenoxy) is 1. The topological polar surface area (TPSA) is 39.1 Å². The number of nitrogens with zero attached hydrogens (tertiary/aromatic N) is 2. The van der Waals surface area contributed by atoms with Crippen LogP contribution in [0.3, 0.4) is 0 Å². The molecular weight excluding hydrogens is 238 g/mol. The molecule has 3 rings (SSSR count). The largest absolute Gasteiger partial charge is 0.367 e. The number of aryl methyl sites for hydroxylation is 1. The predicted molar refractivity (Wildman–Crippen MR) is 76.0 cm³/mol. The molecule has 0 aliphatic carbocycles. The number of hydrogen-bond acceptors (Lipinski definition) is 3. The molecule has 2 heterocycles. The second-order valence-corrected chi connectivity index (χ2v) is 5.60. The van der Waals surface area contributed by atoms with Crippen molar-refractivity contribution < 1.29 is 4.74 Å². The van der Waals surface area contributed by atoms with Crippen molar-refractivity contribution in [2.45, 2.75) is 26.0 Å². The van der Waals surface area contributed by atoms with Crippen molar-refractivity contribution in [1.82, 2.24) is 14.9 Å². The third-order valence-electron chi connectivity index (χ3n) is 3.96. The third-order valence-corrected chi connectivity index (χ3v) is 3.96. The van der Waals surface area contributed by atoms with Gasteiger partial charge in [0.05, 0.1) is 17.6 Å². The van der Waals surface area contributed by atoms with Gasteiger partial charge >= 0.3 is 0 Å². The third kappa shape index (κ3) is 2.26. The zero-order chi connectivity index (χ0) is 13.4. The monoisotopic (exact) mass is 259 g/mol. The summed E-state index contributed by atoms with van der Waals surface area (Å²) in [5.74, 6) is 1.61. The summed E-state index contributed by atoms with van der Waals surface area (Å²) in [7, 11) is 2.06. The molecule has 102 valence electrons.